The van der Waals surface area contributed by atoms with E-state index in [-0.39, 0.29) is 12.1 Å². The van der Waals surface area contributed by atoms with Crippen LogP contribution in [0.5, 0.6) is 0 Å². The molecule has 0 aliphatic carbocycles. The van der Waals surface area contributed by atoms with E-state index in [0.29, 0.717) is 5.56 Å². The van der Waals surface area contributed by atoms with Crippen molar-refractivity contribution in [3.8, 4) is 0 Å². The first-order valence-corrected chi connectivity index (χ1v) is 6.38. The molecule has 1 atom stereocenters. The number of hydrogen-bond donors (Lipinski definition) is 0. The molecule has 2 heterocycles. The number of hydrogen-bond acceptors (Lipinski definition) is 4. The van der Waals surface area contributed by atoms with Crippen molar-refractivity contribution in [2.75, 3.05) is 13.7 Å². The number of fused-ring (bicyclic) bond motifs is 1. The Morgan fingerprint density at radius 1 is 1.42 bits per heavy atom. The van der Waals surface area contributed by atoms with Crippen LogP contribution in [0.4, 0.5) is 0 Å². The van der Waals surface area contributed by atoms with E-state index in [0.717, 1.165) is 35.9 Å². The maximum absolute atomic E-state index is 11.8. The first-order chi connectivity index (χ1) is 9.29. The number of pyridine rings is 1. The second kappa shape index (κ2) is 4.97. The van der Waals surface area contributed by atoms with Crippen LogP contribution in [0.2, 0.25) is 0 Å². The summed E-state index contributed by atoms with van der Waals surface area (Å²) in [6, 6.07) is 7.63. The number of methoxy groups -OCH3 is 1. The molecule has 1 saturated heterocycles. The summed E-state index contributed by atoms with van der Waals surface area (Å²) in [5, 5.41) is 0.822. The Morgan fingerprint density at radius 2 is 2.32 bits per heavy atom. The first-order valence-electron chi connectivity index (χ1n) is 6.38. The van der Waals surface area contributed by atoms with Gasteiger partial charge in [0.1, 0.15) is 0 Å². The quantitative estimate of drug-likeness (QED) is 0.776. The highest BCUT2D eigenvalue weighted by Crippen LogP contribution is 2.31. The summed E-state index contributed by atoms with van der Waals surface area (Å²) in [5.41, 5.74) is 2.44. The van der Waals surface area contributed by atoms with Gasteiger partial charge in [-0.3, -0.25) is 4.98 Å². The number of carbonyl (C=O) groups excluding carboxylic acids is 1. The Kier molecular flexibility index (Phi) is 3.17. The molecule has 3 rings (SSSR count). The summed E-state index contributed by atoms with van der Waals surface area (Å²) >= 11 is 0. The third-order valence-electron chi connectivity index (χ3n) is 3.47. The Hall–Kier alpha value is -1.94. The van der Waals surface area contributed by atoms with E-state index < -0.39 is 0 Å². The van der Waals surface area contributed by atoms with E-state index in [2.05, 4.69) is 4.98 Å². The topological polar surface area (TPSA) is 48.4 Å². The third kappa shape index (κ3) is 2.19. The van der Waals surface area contributed by atoms with Gasteiger partial charge in [0.2, 0.25) is 0 Å². The van der Waals surface area contributed by atoms with Crippen molar-refractivity contribution in [2.24, 2.45) is 0 Å². The van der Waals surface area contributed by atoms with Crippen LogP contribution in [0, 0.1) is 0 Å². The standard InChI is InChI=1S/C15H15NO3/c1-18-15(17)11-6-7-16-13-5-4-10(9-12(11)13)14-3-2-8-19-14/h4-7,9,14H,2-3,8H2,1H3/t14-/m1/s1. The SMILES string of the molecule is COC(=O)c1ccnc2ccc([C@H]3CCCO3)cc12. The number of nitrogens with zero attached hydrogens (tertiary/aromatic N) is 1. The van der Waals surface area contributed by atoms with Gasteiger partial charge in [-0.05, 0) is 36.6 Å². The predicted molar refractivity (Wildman–Crippen MR) is 71.0 cm³/mol. The molecule has 0 bridgehead atoms. The summed E-state index contributed by atoms with van der Waals surface area (Å²) in [4.78, 5) is 16.1. The Balaban J connectivity index is 2.11. The second-order valence-corrected chi connectivity index (χ2v) is 4.63. The van der Waals surface area contributed by atoms with Crippen LogP contribution in [-0.2, 0) is 9.47 Å². The van der Waals surface area contributed by atoms with Gasteiger partial charge in [-0.15, -0.1) is 0 Å². The van der Waals surface area contributed by atoms with Crippen LogP contribution in [0.15, 0.2) is 30.5 Å². The van der Waals surface area contributed by atoms with Gasteiger partial charge in [-0.1, -0.05) is 6.07 Å². The van der Waals surface area contributed by atoms with Gasteiger partial charge < -0.3 is 9.47 Å². The number of rotatable bonds is 2. The maximum atomic E-state index is 11.8. The third-order valence-corrected chi connectivity index (χ3v) is 3.47. The molecule has 0 unspecified atom stereocenters. The van der Waals surface area contributed by atoms with Crippen LogP contribution in [0.25, 0.3) is 10.9 Å². The Morgan fingerprint density at radius 3 is 3.05 bits per heavy atom. The van der Waals surface area contributed by atoms with Crippen molar-refractivity contribution < 1.29 is 14.3 Å². The molecule has 98 valence electrons. The minimum atomic E-state index is -0.336. The molecule has 1 fully saturated rings. The molecule has 1 aliphatic rings. The zero-order chi connectivity index (χ0) is 13.2. The fourth-order valence-electron chi connectivity index (χ4n) is 2.49. The van der Waals surface area contributed by atoms with E-state index >= 15 is 0 Å². The second-order valence-electron chi connectivity index (χ2n) is 4.63. The highest BCUT2D eigenvalue weighted by molar-refractivity contribution is 6.03. The first kappa shape index (κ1) is 12.1. The van der Waals surface area contributed by atoms with Crippen molar-refractivity contribution in [3.05, 3.63) is 41.6 Å². The van der Waals surface area contributed by atoms with E-state index in [1.54, 1.807) is 12.3 Å². The molecule has 0 saturated carbocycles. The minimum Gasteiger partial charge on any atom is -0.465 e. The Bertz CT molecular complexity index is 618. The molecule has 1 aromatic heterocycles. The van der Waals surface area contributed by atoms with E-state index in [4.69, 9.17) is 9.47 Å². The molecular weight excluding hydrogens is 242 g/mol. The van der Waals surface area contributed by atoms with Crippen molar-refractivity contribution in [1.29, 1.82) is 0 Å². The lowest BCUT2D eigenvalue weighted by atomic mass is 10.0. The molecular formula is C15H15NO3. The number of benzene rings is 1. The summed E-state index contributed by atoms with van der Waals surface area (Å²) in [7, 11) is 1.39. The fourth-order valence-corrected chi connectivity index (χ4v) is 2.49. The lowest BCUT2D eigenvalue weighted by Gasteiger charge is -2.11. The molecule has 4 heteroatoms. The van der Waals surface area contributed by atoms with Crippen LogP contribution < -0.4 is 0 Å². The average Bonchev–Trinajstić information content (AvgIpc) is 2.99. The average molecular weight is 257 g/mol. The zero-order valence-corrected chi connectivity index (χ0v) is 10.8. The van der Waals surface area contributed by atoms with Crippen molar-refractivity contribution in [3.63, 3.8) is 0 Å². The van der Waals surface area contributed by atoms with Crippen molar-refractivity contribution in [1.82, 2.24) is 4.98 Å². The van der Waals surface area contributed by atoms with Gasteiger partial charge in [-0.25, -0.2) is 4.79 Å². The van der Waals surface area contributed by atoms with Gasteiger partial charge in [-0.2, -0.15) is 0 Å². The van der Waals surface area contributed by atoms with Gasteiger partial charge in [0, 0.05) is 18.2 Å². The van der Waals surface area contributed by atoms with Crippen molar-refractivity contribution >= 4 is 16.9 Å². The number of aromatic nitrogens is 1. The van der Waals surface area contributed by atoms with Crippen LogP contribution in [0.1, 0.15) is 34.9 Å². The summed E-state index contributed by atoms with van der Waals surface area (Å²) < 4.78 is 10.5. The molecule has 0 N–H and O–H groups in total. The van der Waals surface area contributed by atoms with Crippen LogP contribution in [-0.4, -0.2) is 24.7 Å². The van der Waals surface area contributed by atoms with Crippen molar-refractivity contribution in [2.45, 2.75) is 18.9 Å². The summed E-state index contributed by atoms with van der Waals surface area (Å²) in [6.45, 7) is 0.805. The smallest absolute Gasteiger partial charge is 0.338 e. The summed E-state index contributed by atoms with van der Waals surface area (Å²) in [5.74, 6) is -0.336. The van der Waals surface area contributed by atoms with Crippen LogP contribution >= 0.6 is 0 Å². The van der Waals surface area contributed by atoms with E-state index in [1.807, 2.05) is 18.2 Å². The number of ether oxygens (including phenoxy) is 2. The lowest BCUT2D eigenvalue weighted by molar-refractivity contribution is 0.0603. The Labute approximate surface area is 111 Å². The maximum Gasteiger partial charge on any atom is 0.338 e. The highest BCUT2D eigenvalue weighted by Gasteiger charge is 2.19. The summed E-state index contributed by atoms with van der Waals surface area (Å²) in [6.07, 6.45) is 3.87. The fraction of sp³-hybridized carbons (Fsp3) is 0.333. The largest absolute Gasteiger partial charge is 0.465 e. The normalized spacial score (nSPS) is 18.7. The number of carbonyl (C=O) groups is 1. The van der Waals surface area contributed by atoms with Gasteiger partial charge in [0.05, 0.1) is 24.3 Å². The molecule has 19 heavy (non-hydrogen) atoms. The molecule has 1 aliphatic heterocycles. The molecule has 4 nitrogen and oxygen atoms in total. The van der Waals surface area contributed by atoms with E-state index in [9.17, 15) is 4.79 Å². The predicted octanol–water partition coefficient (Wildman–Crippen LogP) is 2.87. The lowest BCUT2D eigenvalue weighted by Crippen LogP contribution is -2.03. The zero-order valence-electron chi connectivity index (χ0n) is 10.8. The molecule has 1 aromatic carbocycles. The highest BCUT2D eigenvalue weighted by atomic mass is 16.5. The number of esters is 1. The van der Waals surface area contributed by atoms with Gasteiger partial charge in [0.15, 0.2) is 0 Å². The molecule has 0 radical (unpaired) electrons. The minimum absolute atomic E-state index is 0.134. The molecule has 0 amide bonds. The molecule has 0 spiro atoms. The van der Waals surface area contributed by atoms with E-state index in [1.165, 1.54) is 7.11 Å². The monoisotopic (exact) mass is 257 g/mol. The van der Waals surface area contributed by atoms with Gasteiger partial charge >= 0.3 is 5.97 Å². The van der Waals surface area contributed by atoms with Crippen LogP contribution in [0.3, 0.4) is 0 Å². The molecule has 2 aromatic rings. The van der Waals surface area contributed by atoms with Gasteiger partial charge in [0.25, 0.3) is 0 Å².